The third-order valence-electron chi connectivity index (χ3n) is 4.84. The molecule has 2 N–H and O–H groups in total. The SMILES string of the molecule is CC(=O)c1ccc(C(C)=O)cc1.CC(=O)c1cccc(C(C)=O)c1.CNc1ccc(NC)cc1. The molecule has 178 valence electrons. The quantitative estimate of drug-likeness (QED) is 0.441. The van der Waals surface area contributed by atoms with Gasteiger partial charge in [-0.1, -0.05) is 42.5 Å². The fraction of sp³-hybridized carbons (Fsp3) is 0.214. The Morgan fingerprint density at radius 3 is 1.00 bits per heavy atom. The van der Waals surface area contributed by atoms with Gasteiger partial charge in [-0.2, -0.15) is 0 Å². The van der Waals surface area contributed by atoms with Gasteiger partial charge in [0.05, 0.1) is 0 Å². The van der Waals surface area contributed by atoms with E-state index in [1.165, 1.54) is 27.7 Å². The van der Waals surface area contributed by atoms with Crippen molar-refractivity contribution in [3.63, 3.8) is 0 Å². The van der Waals surface area contributed by atoms with Gasteiger partial charge in [-0.25, -0.2) is 0 Å². The summed E-state index contributed by atoms with van der Waals surface area (Å²) in [7, 11) is 3.82. The molecule has 0 unspecified atom stereocenters. The van der Waals surface area contributed by atoms with Crippen molar-refractivity contribution in [3.8, 4) is 0 Å². The molecule has 0 saturated carbocycles. The molecule has 3 aromatic rings. The number of anilines is 2. The van der Waals surface area contributed by atoms with Gasteiger partial charge in [0.2, 0.25) is 0 Å². The molecule has 0 spiro atoms. The van der Waals surface area contributed by atoms with E-state index in [0.717, 1.165) is 11.4 Å². The molecule has 0 aliphatic carbocycles. The van der Waals surface area contributed by atoms with Crippen LogP contribution in [0.15, 0.2) is 72.8 Å². The number of nitrogens with one attached hydrogen (secondary N) is 2. The number of benzene rings is 3. The third kappa shape index (κ3) is 9.61. The zero-order valence-corrected chi connectivity index (χ0v) is 20.6. The number of rotatable bonds is 6. The molecule has 0 aliphatic heterocycles. The summed E-state index contributed by atoms with van der Waals surface area (Å²) in [5.74, 6) is 0.00593. The fourth-order valence-electron chi connectivity index (χ4n) is 2.70. The van der Waals surface area contributed by atoms with Gasteiger partial charge in [0.15, 0.2) is 23.1 Å². The van der Waals surface area contributed by atoms with Crippen LogP contribution in [0.25, 0.3) is 0 Å². The molecule has 0 fully saturated rings. The normalized spacial score (nSPS) is 9.35. The Kier molecular flexibility index (Phi) is 11.7. The topological polar surface area (TPSA) is 92.3 Å². The Morgan fingerprint density at radius 1 is 0.471 bits per heavy atom. The molecule has 0 atom stereocenters. The summed E-state index contributed by atoms with van der Waals surface area (Å²) in [4.78, 5) is 43.5. The predicted octanol–water partition coefficient (Wildman–Crippen LogP) is 5.95. The van der Waals surface area contributed by atoms with E-state index in [4.69, 9.17) is 0 Å². The number of Topliss-reactive ketones (excluding diaryl/α,β-unsaturated/α-hetero) is 4. The van der Waals surface area contributed by atoms with Crippen LogP contribution in [0.3, 0.4) is 0 Å². The first-order valence-electron chi connectivity index (χ1n) is 10.8. The molecule has 0 heterocycles. The summed E-state index contributed by atoms with van der Waals surface area (Å²) < 4.78 is 0. The lowest BCUT2D eigenvalue weighted by Gasteiger charge is -2.01. The first kappa shape index (κ1) is 28.0. The highest BCUT2D eigenvalue weighted by Gasteiger charge is 2.03. The van der Waals surface area contributed by atoms with Crippen LogP contribution in [0.2, 0.25) is 0 Å². The lowest BCUT2D eigenvalue weighted by Crippen LogP contribution is -1.96. The molecule has 3 rings (SSSR count). The molecule has 34 heavy (non-hydrogen) atoms. The molecule has 0 aromatic heterocycles. The lowest BCUT2D eigenvalue weighted by molar-refractivity contribution is 0.100. The second-order valence-electron chi connectivity index (χ2n) is 7.46. The zero-order valence-electron chi connectivity index (χ0n) is 20.6. The Labute approximate surface area is 201 Å². The Bertz CT molecular complexity index is 1030. The highest BCUT2D eigenvalue weighted by atomic mass is 16.1. The number of carbonyl (C=O) groups is 4. The van der Waals surface area contributed by atoms with Crippen LogP contribution in [0.1, 0.15) is 69.1 Å². The number of hydrogen-bond acceptors (Lipinski definition) is 6. The molecule has 0 amide bonds. The number of hydrogen-bond donors (Lipinski definition) is 2. The van der Waals surface area contributed by atoms with Crippen LogP contribution in [-0.4, -0.2) is 37.2 Å². The largest absolute Gasteiger partial charge is 0.388 e. The Hall–Kier alpha value is -4.06. The molecular weight excluding hydrogens is 428 g/mol. The summed E-state index contributed by atoms with van der Waals surface area (Å²) in [5.41, 5.74) is 4.73. The Morgan fingerprint density at radius 2 is 0.765 bits per heavy atom. The molecule has 0 radical (unpaired) electrons. The van der Waals surface area contributed by atoms with E-state index in [2.05, 4.69) is 10.6 Å². The van der Waals surface area contributed by atoms with E-state index in [1.54, 1.807) is 48.5 Å². The van der Waals surface area contributed by atoms with E-state index in [9.17, 15) is 19.2 Å². The summed E-state index contributed by atoms with van der Waals surface area (Å²) in [5, 5.41) is 6.10. The van der Waals surface area contributed by atoms with Crippen molar-refractivity contribution in [2.75, 3.05) is 24.7 Å². The summed E-state index contributed by atoms with van der Waals surface area (Å²) >= 11 is 0. The highest BCUT2D eigenvalue weighted by molar-refractivity contribution is 5.99. The van der Waals surface area contributed by atoms with Gasteiger partial charge < -0.3 is 10.6 Å². The molecule has 0 saturated heterocycles. The van der Waals surface area contributed by atoms with Crippen molar-refractivity contribution in [3.05, 3.63) is 95.1 Å². The van der Waals surface area contributed by atoms with Gasteiger partial charge in [0.25, 0.3) is 0 Å². The van der Waals surface area contributed by atoms with Crippen molar-refractivity contribution < 1.29 is 19.2 Å². The standard InChI is InChI=1S/2C10H10O2.C8H12N2/c1-7(11)9-3-5-10(6-4-9)8(2)12;1-7(11)9-4-3-5-10(6-9)8(2)12;1-9-7-3-5-8(10-2)6-4-7/h2*3-6H,1-2H3;3-6,9-10H,1-2H3. The van der Waals surface area contributed by atoms with Crippen LogP contribution in [0.5, 0.6) is 0 Å². The van der Waals surface area contributed by atoms with E-state index < -0.39 is 0 Å². The molecule has 0 aliphatic rings. The van der Waals surface area contributed by atoms with Gasteiger partial charge in [-0.05, 0) is 58.0 Å². The first-order chi connectivity index (χ1) is 16.1. The smallest absolute Gasteiger partial charge is 0.159 e. The van der Waals surface area contributed by atoms with Gasteiger partial charge in [0, 0.05) is 47.7 Å². The summed E-state index contributed by atoms with van der Waals surface area (Å²) in [6, 6.07) is 21.5. The molecular formula is C28H32N2O4. The predicted molar refractivity (Wildman–Crippen MR) is 138 cm³/mol. The van der Waals surface area contributed by atoms with E-state index in [0.29, 0.717) is 22.3 Å². The van der Waals surface area contributed by atoms with Gasteiger partial charge in [-0.3, -0.25) is 19.2 Å². The maximum Gasteiger partial charge on any atom is 0.159 e. The van der Waals surface area contributed by atoms with Gasteiger partial charge in [-0.15, -0.1) is 0 Å². The number of ketones is 4. The number of carbonyl (C=O) groups excluding carboxylic acids is 4. The van der Waals surface area contributed by atoms with Crippen LogP contribution < -0.4 is 10.6 Å². The van der Waals surface area contributed by atoms with Crippen LogP contribution in [0, 0.1) is 0 Å². The molecule has 6 heteroatoms. The zero-order chi connectivity index (χ0) is 25.7. The summed E-state index contributed by atoms with van der Waals surface area (Å²) in [6.45, 7) is 5.98. The highest BCUT2D eigenvalue weighted by Crippen LogP contribution is 2.11. The minimum atomic E-state index is -0.0156. The van der Waals surface area contributed by atoms with Crippen molar-refractivity contribution in [2.24, 2.45) is 0 Å². The van der Waals surface area contributed by atoms with Crippen molar-refractivity contribution in [1.29, 1.82) is 0 Å². The monoisotopic (exact) mass is 460 g/mol. The van der Waals surface area contributed by atoms with E-state index in [-0.39, 0.29) is 23.1 Å². The molecule has 6 nitrogen and oxygen atoms in total. The van der Waals surface area contributed by atoms with E-state index >= 15 is 0 Å². The summed E-state index contributed by atoms with van der Waals surface area (Å²) in [6.07, 6.45) is 0. The van der Waals surface area contributed by atoms with Crippen molar-refractivity contribution in [1.82, 2.24) is 0 Å². The van der Waals surface area contributed by atoms with Crippen molar-refractivity contribution >= 4 is 34.5 Å². The first-order valence-corrected chi connectivity index (χ1v) is 10.8. The molecule has 3 aromatic carbocycles. The lowest BCUT2D eigenvalue weighted by atomic mass is 10.1. The van der Waals surface area contributed by atoms with Gasteiger partial charge >= 0.3 is 0 Å². The third-order valence-corrected chi connectivity index (χ3v) is 4.84. The van der Waals surface area contributed by atoms with Crippen LogP contribution in [-0.2, 0) is 0 Å². The average molecular weight is 461 g/mol. The van der Waals surface area contributed by atoms with Crippen LogP contribution >= 0.6 is 0 Å². The van der Waals surface area contributed by atoms with E-state index in [1.807, 2.05) is 38.4 Å². The minimum Gasteiger partial charge on any atom is -0.388 e. The minimum absolute atomic E-state index is 0.0156. The van der Waals surface area contributed by atoms with Crippen LogP contribution in [0.4, 0.5) is 11.4 Å². The maximum atomic E-state index is 10.9. The average Bonchev–Trinajstić information content (AvgIpc) is 2.85. The molecule has 0 bridgehead atoms. The van der Waals surface area contributed by atoms with Crippen molar-refractivity contribution in [2.45, 2.75) is 27.7 Å². The second kappa shape index (κ2) is 14.2. The maximum absolute atomic E-state index is 10.9. The second-order valence-corrected chi connectivity index (χ2v) is 7.46. The Balaban J connectivity index is 0.000000256. The van der Waals surface area contributed by atoms with Gasteiger partial charge in [0.1, 0.15) is 0 Å². The fourth-order valence-corrected chi connectivity index (χ4v) is 2.70.